The van der Waals surface area contributed by atoms with E-state index in [0.29, 0.717) is 52.0 Å². The monoisotopic (exact) mass is 402 g/mol. The van der Waals surface area contributed by atoms with E-state index in [1.54, 1.807) is 15.5 Å². The molecular weight excluding hydrogens is 368 g/mol. The molecule has 156 valence electrons. The van der Waals surface area contributed by atoms with Gasteiger partial charge in [-0.1, -0.05) is 0 Å². The lowest BCUT2D eigenvalue weighted by molar-refractivity contribution is -0.120. The van der Waals surface area contributed by atoms with E-state index in [4.69, 9.17) is 0 Å². The summed E-state index contributed by atoms with van der Waals surface area (Å²) in [6.07, 6.45) is 5.45. The normalized spacial score (nSPS) is 30.3. The average molecular weight is 403 g/mol. The highest BCUT2D eigenvalue weighted by atomic mass is 32.2. The Hall–Kier alpha value is -0.740. The van der Waals surface area contributed by atoms with Crippen molar-refractivity contribution in [2.45, 2.75) is 63.5 Å². The molecular formula is C18H34N4O4S. The summed E-state index contributed by atoms with van der Waals surface area (Å²) in [7, 11) is -3.39. The Bertz CT molecular complexity index is 615. The summed E-state index contributed by atoms with van der Waals surface area (Å²) < 4.78 is 28.7. The van der Waals surface area contributed by atoms with Crippen LogP contribution in [0.3, 0.4) is 0 Å². The van der Waals surface area contributed by atoms with E-state index in [1.165, 1.54) is 0 Å². The molecule has 0 spiro atoms. The molecule has 9 heteroatoms. The Morgan fingerprint density at radius 1 is 1.00 bits per heavy atom. The molecule has 3 saturated heterocycles. The number of aliphatic hydroxyl groups is 1. The molecule has 0 aliphatic carbocycles. The van der Waals surface area contributed by atoms with Crippen molar-refractivity contribution in [1.29, 1.82) is 0 Å². The molecule has 3 fully saturated rings. The minimum absolute atomic E-state index is 0.00940. The van der Waals surface area contributed by atoms with Crippen LogP contribution in [-0.2, 0) is 15.0 Å². The molecule has 0 aromatic rings. The zero-order chi connectivity index (χ0) is 19.5. The fourth-order valence-electron chi connectivity index (χ4n) is 4.56. The first-order chi connectivity index (χ1) is 12.8. The Balaban J connectivity index is 1.51. The predicted octanol–water partition coefficient (Wildman–Crippen LogP) is 0.145. The third kappa shape index (κ3) is 5.41. The number of likely N-dealkylation sites (tertiary alicyclic amines) is 1. The lowest BCUT2D eigenvalue weighted by Gasteiger charge is -2.38. The molecule has 2 N–H and O–H groups in total. The van der Waals surface area contributed by atoms with Gasteiger partial charge in [0, 0.05) is 58.8 Å². The van der Waals surface area contributed by atoms with Gasteiger partial charge in [0.2, 0.25) is 5.91 Å². The van der Waals surface area contributed by atoms with Crippen molar-refractivity contribution in [3.05, 3.63) is 0 Å². The van der Waals surface area contributed by atoms with Gasteiger partial charge in [-0.3, -0.25) is 4.79 Å². The number of hydrogen-bond acceptors (Lipinski definition) is 5. The second-order valence-electron chi connectivity index (χ2n) is 8.34. The quantitative estimate of drug-likeness (QED) is 0.683. The Morgan fingerprint density at radius 3 is 2.22 bits per heavy atom. The molecule has 3 rings (SSSR count). The van der Waals surface area contributed by atoms with Crippen molar-refractivity contribution >= 4 is 16.1 Å². The third-order valence-corrected chi connectivity index (χ3v) is 8.14. The van der Waals surface area contributed by atoms with Crippen molar-refractivity contribution in [3.63, 3.8) is 0 Å². The van der Waals surface area contributed by atoms with Crippen LogP contribution < -0.4 is 5.32 Å². The molecule has 3 aliphatic heterocycles. The predicted molar refractivity (Wildman–Crippen MR) is 103 cm³/mol. The lowest BCUT2D eigenvalue weighted by atomic mass is 9.93. The van der Waals surface area contributed by atoms with Gasteiger partial charge in [0.05, 0.1) is 5.60 Å². The number of hydrogen-bond donors (Lipinski definition) is 2. The summed E-state index contributed by atoms with van der Waals surface area (Å²) >= 11 is 0. The molecule has 3 aliphatic rings. The van der Waals surface area contributed by atoms with E-state index in [1.807, 2.05) is 0 Å². The van der Waals surface area contributed by atoms with Crippen molar-refractivity contribution < 1.29 is 18.3 Å². The molecule has 27 heavy (non-hydrogen) atoms. The minimum Gasteiger partial charge on any atom is -0.389 e. The second-order valence-corrected chi connectivity index (χ2v) is 10.3. The van der Waals surface area contributed by atoms with Gasteiger partial charge in [-0.2, -0.15) is 17.0 Å². The Kier molecular flexibility index (Phi) is 6.79. The highest BCUT2D eigenvalue weighted by molar-refractivity contribution is 7.86. The molecule has 0 aromatic carbocycles. The van der Waals surface area contributed by atoms with E-state index < -0.39 is 15.8 Å². The third-order valence-electron chi connectivity index (χ3n) is 6.11. The zero-order valence-corrected chi connectivity index (χ0v) is 17.2. The van der Waals surface area contributed by atoms with Crippen LogP contribution in [0.25, 0.3) is 0 Å². The Morgan fingerprint density at radius 2 is 1.59 bits per heavy atom. The summed E-state index contributed by atoms with van der Waals surface area (Å²) in [5, 5.41) is 14.1. The van der Waals surface area contributed by atoms with Gasteiger partial charge in [-0.15, -0.1) is 0 Å². The highest BCUT2D eigenvalue weighted by Gasteiger charge is 2.38. The zero-order valence-electron chi connectivity index (χ0n) is 16.4. The van der Waals surface area contributed by atoms with Gasteiger partial charge in [0.25, 0.3) is 10.2 Å². The molecule has 0 aromatic heterocycles. The molecule has 0 unspecified atom stereocenters. The van der Waals surface area contributed by atoms with Gasteiger partial charge in [-0.25, -0.2) is 0 Å². The average Bonchev–Trinajstić information content (AvgIpc) is 3.08. The molecule has 0 saturated carbocycles. The number of piperidine rings is 1. The standard InChI is InChI=1S/C18H34N4O4S/c1-16(23)19-17-5-12-20(13-6-17)15-18(24)7-4-11-22(14-8-18)27(25,26)21-9-2-3-10-21/h17,24H,2-15H2,1H3,(H,19,23)/t18-/m1/s1. The smallest absolute Gasteiger partial charge is 0.281 e. The van der Waals surface area contributed by atoms with E-state index in [0.717, 1.165) is 38.8 Å². The maximum Gasteiger partial charge on any atom is 0.281 e. The first kappa shape index (κ1) is 21.0. The molecule has 3 heterocycles. The molecule has 0 radical (unpaired) electrons. The van der Waals surface area contributed by atoms with Gasteiger partial charge in [0.1, 0.15) is 0 Å². The topological polar surface area (TPSA) is 93.2 Å². The lowest BCUT2D eigenvalue weighted by Crippen LogP contribution is -2.50. The van der Waals surface area contributed by atoms with Gasteiger partial charge >= 0.3 is 0 Å². The van der Waals surface area contributed by atoms with Gasteiger partial charge < -0.3 is 15.3 Å². The van der Waals surface area contributed by atoms with Crippen LogP contribution in [0.4, 0.5) is 0 Å². The number of carbonyl (C=O) groups is 1. The van der Waals surface area contributed by atoms with Crippen LogP contribution in [0.15, 0.2) is 0 Å². The van der Waals surface area contributed by atoms with Gasteiger partial charge in [0.15, 0.2) is 0 Å². The van der Waals surface area contributed by atoms with Crippen molar-refractivity contribution in [2.24, 2.45) is 0 Å². The van der Waals surface area contributed by atoms with Crippen molar-refractivity contribution in [2.75, 3.05) is 45.8 Å². The Labute approximate surface area is 163 Å². The fourth-order valence-corrected chi connectivity index (χ4v) is 6.29. The molecule has 1 amide bonds. The largest absolute Gasteiger partial charge is 0.389 e. The number of nitrogens with zero attached hydrogens (tertiary/aromatic N) is 3. The van der Waals surface area contributed by atoms with E-state index >= 15 is 0 Å². The molecule has 1 atom stereocenters. The summed E-state index contributed by atoms with van der Waals surface area (Å²) in [4.78, 5) is 13.4. The number of rotatable bonds is 5. The first-order valence-corrected chi connectivity index (χ1v) is 11.7. The first-order valence-electron chi connectivity index (χ1n) is 10.3. The molecule has 8 nitrogen and oxygen atoms in total. The van der Waals surface area contributed by atoms with Crippen LogP contribution in [0, 0.1) is 0 Å². The van der Waals surface area contributed by atoms with Crippen LogP contribution in [0.5, 0.6) is 0 Å². The van der Waals surface area contributed by atoms with Crippen LogP contribution in [0.1, 0.15) is 51.9 Å². The number of β-amino-alcohol motifs (C(OH)–C–C–N with tert-alkyl or cyclic N) is 1. The van der Waals surface area contributed by atoms with E-state index in [-0.39, 0.29) is 11.9 Å². The minimum atomic E-state index is -3.39. The summed E-state index contributed by atoms with van der Waals surface area (Å²) in [5.74, 6) is 0.00940. The highest BCUT2D eigenvalue weighted by Crippen LogP contribution is 2.27. The summed E-state index contributed by atoms with van der Waals surface area (Å²) in [6.45, 7) is 5.94. The second kappa shape index (κ2) is 8.73. The number of carbonyl (C=O) groups excluding carboxylic acids is 1. The van der Waals surface area contributed by atoms with Gasteiger partial charge in [-0.05, 0) is 44.9 Å². The van der Waals surface area contributed by atoms with E-state index in [2.05, 4.69) is 10.2 Å². The van der Waals surface area contributed by atoms with Crippen LogP contribution in [-0.4, -0.2) is 90.4 Å². The van der Waals surface area contributed by atoms with Crippen LogP contribution >= 0.6 is 0 Å². The number of nitrogens with one attached hydrogen (secondary N) is 1. The van der Waals surface area contributed by atoms with E-state index in [9.17, 15) is 18.3 Å². The van der Waals surface area contributed by atoms with Crippen LogP contribution in [0.2, 0.25) is 0 Å². The van der Waals surface area contributed by atoms with Crippen molar-refractivity contribution in [1.82, 2.24) is 18.8 Å². The maximum atomic E-state index is 12.8. The summed E-state index contributed by atoms with van der Waals surface area (Å²) in [6, 6.07) is 0.226. The maximum absolute atomic E-state index is 12.8. The fraction of sp³-hybridized carbons (Fsp3) is 0.944. The number of amides is 1. The molecule has 0 bridgehead atoms. The summed E-state index contributed by atoms with van der Waals surface area (Å²) in [5.41, 5.74) is -0.837. The SMILES string of the molecule is CC(=O)NC1CCN(C[C@@]2(O)CCCN(S(=O)(=O)N3CCCC3)CC2)CC1. The van der Waals surface area contributed by atoms with Crippen molar-refractivity contribution in [3.8, 4) is 0 Å².